The van der Waals surface area contributed by atoms with Gasteiger partial charge in [-0.1, -0.05) is 29.8 Å². The Morgan fingerprint density at radius 3 is 2.45 bits per heavy atom. The van der Waals surface area contributed by atoms with E-state index in [9.17, 15) is 18.0 Å². The Morgan fingerprint density at radius 2 is 1.81 bits per heavy atom. The SMILES string of the molecule is CNC(=O)c1cc(Cl)ccc1OC(C)(C)c1nnc(-c2ccccc2C(F)(F)F)n1C. The summed E-state index contributed by atoms with van der Waals surface area (Å²) in [7, 11) is 3.04. The third kappa shape index (κ3) is 4.51. The summed E-state index contributed by atoms with van der Waals surface area (Å²) in [5.74, 6) is 0.166. The molecule has 0 bridgehead atoms. The number of rotatable bonds is 5. The minimum Gasteiger partial charge on any atom is -0.479 e. The highest BCUT2D eigenvalue weighted by Crippen LogP contribution is 2.37. The van der Waals surface area contributed by atoms with Crippen LogP contribution in [0.15, 0.2) is 42.5 Å². The number of alkyl halides is 3. The topological polar surface area (TPSA) is 69.0 Å². The molecule has 0 aliphatic heterocycles. The van der Waals surface area contributed by atoms with Crippen molar-refractivity contribution in [2.45, 2.75) is 25.6 Å². The van der Waals surface area contributed by atoms with Crippen molar-refractivity contribution >= 4 is 17.5 Å². The standard InChI is InChI=1S/C21H20ClF3N4O2/c1-20(2,31-16-10-9-12(22)11-14(16)18(30)26-3)19-28-27-17(29(19)4)13-7-5-6-8-15(13)21(23,24)25/h5-11H,1-4H3,(H,26,30). The number of ether oxygens (including phenoxy) is 1. The van der Waals surface area contributed by atoms with Crippen molar-refractivity contribution in [3.05, 3.63) is 64.4 Å². The van der Waals surface area contributed by atoms with Crippen LogP contribution in [0.5, 0.6) is 5.75 Å². The Labute approximate surface area is 182 Å². The maximum Gasteiger partial charge on any atom is 0.417 e. The molecular formula is C21H20ClF3N4O2. The van der Waals surface area contributed by atoms with Gasteiger partial charge in [0.15, 0.2) is 17.2 Å². The van der Waals surface area contributed by atoms with Crippen molar-refractivity contribution in [2.24, 2.45) is 7.05 Å². The number of nitrogens with zero attached hydrogens (tertiary/aromatic N) is 3. The zero-order chi connectivity index (χ0) is 23.0. The van der Waals surface area contributed by atoms with Crippen molar-refractivity contribution in [2.75, 3.05) is 7.05 Å². The average Bonchev–Trinajstić information content (AvgIpc) is 3.10. The third-order valence-electron chi connectivity index (χ3n) is 4.67. The average molecular weight is 453 g/mol. The van der Waals surface area contributed by atoms with E-state index in [2.05, 4.69) is 15.5 Å². The van der Waals surface area contributed by atoms with Gasteiger partial charge in [-0.05, 0) is 38.1 Å². The first-order valence-electron chi connectivity index (χ1n) is 9.23. The minimum atomic E-state index is -4.54. The van der Waals surface area contributed by atoms with E-state index in [1.165, 1.54) is 35.9 Å². The fourth-order valence-electron chi connectivity index (χ4n) is 3.24. The molecule has 31 heavy (non-hydrogen) atoms. The fraction of sp³-hybridized carbons (Fsp3) is 0.286. The highest BCUT2D eigenvalue weighted by Gasteiger charge is 2.36. The van der Waals surface area contributed by atoms with E-state index in [4.69, 9.17) is 16.3 Å². The number of aromatic nitrogens is 3. The molecule has 10 heteroatoms. The van der Waals surface area contributed by atoms with Crippen LogP contribution in [-0.4, -0.2) is 27.7 Å². The molecule has 0 aliphatic carbocycles. The zero-order valence-corrected chi connectivity index (χ0v) is 18.0. The first-order chi connectivity index (χ1) is 14.5. The van der Waals surface area contributed by atoms with Crippen molar-refractivity contribution in [3.63, 3.8) is 0 Å². The summed E-state index contributed by atoms with van der Waals surface area (Å²) in [6.45, 7) is 3.36. The molecular weight excluding hydrogens is 433 g/mol. The lowest BCUT2D eigenvalue weighted by Gasteiger charge is -2.26. The highest BCUT2D eigenvalue weighted by molar-refractivity contribution is 6.31. The van der Waals surface area contributed by atoms with Crippen LogP contribution < -0.4 is 10.1 Å². The monoisotopic (exact) mass is 452 g/mol. The van der Waals surface area contributed by atoms with Gasteiger partial charge in [-0.15, -0.1) is 10.2 Å². The molecule has 3 rings (SSSR count). The molecule has 0 unspecified atom stereocenters. The first-order valence-corrected chi connectivity index (χ1v) is 9.60. The summed E-state index contributed by atoms with van der Waals surface area (Å²) in [6.07, 6.45) is -4.54. The molecule has 3 aromatic rings. The predicted octanol–water partition coefficient (Wildman–Crippen LogP) is 4.83. The van der Waals surface area contributed by atoms with Gasteiger partial charge in [0.1, 0.15) is 5.75 Å². The molecule has 0 atom stereocenters. The van der Waals surface area contributed by atoms with Crippen molar-refractivity contribution in [1.82, 2.24) is 20.1 Å². The fourth-order valence-corrected chi connectivity index (χ4v) is 3.41. The number of hydrogen-bond acceptors (Lipinski definition) is 4. The van der Waals surface area contributed by atoms with E-state index in [1.807, 2.05) is 0 Å². The summed E-state index contributed by atoms with van der Waals surface area (Å²) < 4.78 is 47.9. The Balaban J connectivity index is 2.03. The number of benzene rings is 2. The van der Waals surface area contributed by atoms with Crippen LogP contribution in [0.3, 0.4) is 0 Å². The van der Waals surface area contributed by atoms with Crippen LogP contribution >= 0.6 is 11.6 Å². The number of nitrogens with one attached hydrogen (secondary N) is 1. The van der Waals surface area contributed by atoms with Crippen LogP contribution in [0, 0.1) is 0 Å². The lowest BCUT2D eigenvalue weighted by molar-refractivity contribution is -0.137. The number of carbonyl (C=O) groups is 1. The quantitative estimate of drug-likeness (QED) is 0.602. The van der Waals surface area contributed by atoms with E-state index in [0.29, 0.717) is 5.02 Å². The maximum atomic E-state index is 13.4. The lowest BCUT2D eigenvalue weighted by atomic mass is 10.1. The van der Waals surface area contributed by atoms with E-state index in [0.717, 1.165) is 6.07 Å². The van der Waals surface area contributed by atoms with E-state index < -0.39 is 23.2 Å². The van der Waals surface area contributed by atoms with Gasteiger partial charge in [0.2, 0.25) is 0 Å². The minimum absolute atomic E-state index is 0.0437. The predicted molar refractivity (Wildman–Crippen MR) is 110 cm³/mol. The van der Waals surface area contributed by atoms with Gasteiger partial charge in [0.05, 0.1) is 11.1 Å². The summed E-state index contributed by atoms with van der Waals surface area (Å²) in [6, 6.07) is 9.74. The molecule has 1 N–H and O–H groups in total. The highest BCUT2D eigenvalue weighted by atomic mass is 35.5. The second-order valence-corrected chi connectivity index (χ2v) is 7.72. The van der Waals surface area contributed by atoms with Gasteiger partial charge < -0.3 is 14.6 Å². The maximum absolute atomic E-state index is 13.4. The Morgan fingerprint density at radius 1 is 1.13 bits per heavy atom. The first kappa shape index (κ1) is 22.6. The Hall–Kier alpha value is -3.07. The number of halogens is 4. The van der Waals surface area contributed by atoms with Crippen molar-refractivity contribution in [3.8, 4) is 17.1 Å². The largest absolute Gasteiger partial charge is 0.479 e. The van der Waals surface area contributed by atoms with Gasteiger partial charge in [-0.25, -0.2) is 0 Å². The molecule has 0 radical (unpaired) electrons. The van der Waals surface area contributed by atoms with E-state index >= 15 is 0 Å². The normalized spacial score (nSPS) is 12.0. The number of amides is 1. The molecule has 2 aromatic carbocycles. The molecule has 1 heterocycles. The van der Waals surface area contributed by atoms with Gasteiger partial charge >= 0.3 is 6.18 Å². The smallest absolute Gasteiger partial charge is 0.417 e. The van der Waals surface area contributed by atoms with E-state index in [1.54, 1.807) is 33.0 Å². The van der Waals surface area contributed by atoms with Gasteiger partial charge in [0, 0.05) is 24.7 Å². The van der Waals surface area contributed by atoms with Crippen LogP contribution in [0.2, 0.25) is 5.02 Å². The second-order valence-electron chi connectivity index (χ2n) is 7.28. The van der Waals surface area contributed by atoms with Crippen LogP contribution in [0.1, 0.15) is 35.6 Å². The van der Waals surface area contributed by atoms with Crippen LogP contribution in [-0.2, 0) is 18.8 Å². The van der Waals surface area contributed by atoms with Crippen molar-refractivity contribution in [1.29, 1.82) is 0 Å². The Bertz CT molecular complexity index is 1130. The molecule has 0 fully saturated rings. The molecule has 6 nitrogen and oxygen atoms in total. The van der Waals surface area contributed by atoms with Crippen LogP contribution in [0.25, 0.3) is 11.4 Å². The lowest BCUT2D eigenvalue weighted by Crippen LogP contribution is -2.30. The van der Waals surface area contributed by atoms with Crippen LogP contribution in [0.4, 0.5) is 13.2 Å². The summed E-state index contributed by atoms with van der Waals surface area (Å²) in [4.78, 5) is 12.2. The van der Waals surface area contributed by atoms with E-state index in [-0.39, 0.29) is 28.5 Å². The molecule has 0 saturated heterocycles. The number of hydrogen-bond donors (Lipinski definition) is 1. The molecule has 1 aromatic heterocycles. The molecule has 0 saturated carbocycles. The van der Waals surface area contributed by atoms with Gasteiger partial charge in [-0.3, -0.25) is 4.79 Å². The molecule has 1 amide bonds. The summed E-state index contributed by atoms with van der Waals surface area (Å²) in [5.41, 5.74) is -1.82. The van der Waals surface area contributed by atoms with Crippen molar-refractivity contribution < 1.29 is 22.7 Å². The Kier molecular flexibility index (Phi) is 6.00. The zero-order valence-electron chi connectivity index (χ0n) is 17.2. The second kappa shape index (κ2) is 8.22. The van der Waals surface area contributed by atoms with Gasteiger partial charge in [-0.2, -0.15) is 13.2 Å². The number of carbonyl (C=O) groups excluding carboxylic acids is 1. The van der Waals surface area contributed by atoms with Gasteiger partial charge in [0.25, 0.3) is 5.91 Å². The molecule has 0 spiro atoms. The summed E-state index contributed by atoms with van der Waals surface area (Å²) >= 11 is 6.00. The molecule has 0 aliphatic rings. The molecule has 164 valence electrons. The summed E-state index contributed by atoms with van der Waals surface area (Å²) in [5, 5.41) is 10.9. The third-order valence-corrected chi connectivity index (χ3v) is 4.90.